The Labute approximate surface area is 162 Å². The third kappa shape index (κ3) is 5.14. The van der Waals surface area contributed by atoms with Gasteiger partial charge in [0.25, 0.3) is 5.91 Å². The lowest BCUT2D eigenvalue weighted by molar-refractivity contribution is -0.116. The topological polar surface area (TPSA) is 89.8 Å². The highest BCUT2D eigenvalue weighted by molar-refractivity contribution is 5.95. The van der Waals surface area contributed by atoms with Gasteiger partial charge in [0.1, 0.15) is 12.0 Å². The van der Waals surface area contributed by atoms with Crippen LogP contribution in [0.2, 0.25) is 0 Å². The van der Waals surface area contributed by atoms with Gasteiger partial charge in [0, 0.05) is 18.7 Å². The molecule has 3 rings (SSSR count). The molecular formula is C21H20N2O5. The van der Waals surface area contributed by atoms with Crippen molar-refractivity contribution in [2.24, 2.45) is 0 Å². The van der Waals surface area contributed by atoms with Crippen LogP contribution in [0.3, 0.4) is 0 Å². The summed E-state index contributed by atoms with van der Waals surface area (Å²) in [6, 6.07) is 15.9. The third-order valence-electron chi connectivity index (χ3n) is 3.86. The number of furan rings is 1. The van der Waals surface area contributed by atoms with E-state index in [1.54, 1.807) is 37.4 Å². The molecule has 28 heavy (non-hydrogen) atoms. The molecule has 0 saturated carbocycles. The van der Waals surface area contributed by atoms with Crippen molar-refractivity contribution in [2.75, 3.05) is 19.0 Å². The van der Waals surface area contributed by atoms with Crippen molar-refractivity contribution < 1.29 is 23.5 Å². The summed E-state index contributed by atoms with van der Waals surface area (Å²) >= 11 is 0. The van der Waals surface area contributed by atoms with E-state index in [1.165, 1.54) is 12.5 Å². The minimum Gasteiger partial charge on any atom is -0.493 e. The maximum Gasteiger partial charge on any atom is 0.254 e. The highest BCUT2D eigenvalue weighted by Crippen LogP contribution is 2.31. The first kappa shape index (κ1) is 19.0. The minimum absolute atomic E-state index is 0.156. The van der Waals surface area contributed by atoms with Gasteiger partial charge in [-0.3, -0.25) is 9.59 Å². The maximum atomic E-state index is 12.0. The van der Waals surface area contributed by atoms with E-state index in [0.717, 1.165) is 0 Å². The quantitative estimate of drug-likeness (QED) is 0.620. The summed E-state index contributed by atoms with van der Waals surface area (Å²) in [5, 5.41) is 5.43. The van der Waals surface area contributed by atoms with E-state index in [4.69, 9.17) is 13.9 Å². The van der Waals surface area contributed by atoms with Crippen LogP contribution in [0.15, 0.2) is 71.5 Å². The molecule has 7 heteroatoms. The number of amides is 2. The first-order chi connectivity index (χ1) is 13.7. The van der Waals surface area contributed by atoms with Gasteiger partial charge >= 0.3 is 0 Å². The molecule has 0 aliphatic heterocycles. The lowest BCUT2D eigenvalue weighted by atomic mass is 10.2. The summed E-state index contributed by atoms with van der Waals surface area (Å²) in [7, 11) is 1.58. The molecule has 0 bridgehead atoms. The van der Waals surface area contributed by atoms with Gasteiger partial charge in [-0.15, -0.1) is 0 Å². The lowest BCUT2D eigenvalue weighted by Gasteiger charge is -2.11. The number of methoxy groups -OCH3 is 1. The zero-order chi connectivity index (χ0) is 19.8. The number of carbonyl (C=O) groups is 2. The second kappa shape index (κ2) is 9.27. The van der Waals surface area contributed by atoms with Gasteiger partial charge in [0.2, 0.25) is 5.91 Å². The largest absolute Gasteiger partial charge is 0.493 e. The SMILES string of the molecule is COc1ccccc1Oc1ccc(NC(=O)CCNC(=O)c2ccoc2)cc1. The number of ether oxygens (including phenoxy) is 2. The van der Waals surface area contributed by atoms with Crippen LogP contribution in [-0.4, -0.2) is 25.5 Å². The van der Waals surface area contributed by atoms with E-state index in [1.807, 2.05) is 24.3 Å². The van der Waals surface area contributed by atoms with Crippen LogP contribution in [0.5, 0.6) is 17.2 Å². The molecule has 2 N–H and O–H groups in total. The Morgan fingerprint density at radius 3 is 2.43 bits per heavy atom. The molecule has 2 amide bonds. The minimum atomic E-state index is -0.278. The number of benzene rings is 2. The maximum absolute atomic E-state index is 12.0. The first-order valence-electron chi connectivity index (χ1n) is 8.67. The van der Waals surface area contributed by atoms with Gasteiger partial charge in [0.15, 0.2) is 11.5 Å². The molecule has 0 aliphatic rings. The molecule has 2 aromatic carbocycles. The molecule has 0 atom stereocenters. The van der Waals surface area contributed by atoms with Crippen molar-refractivity contribution >= 4 is 17.5 Å². The molecular weight excluding hydrogens is 360 g/mol. The molecule has 0 aliphatic carbocycles. The van der Waals surface area contributed by atoms with E-state index in [9.17, 15) is 9.59 Å². The number of para-hydroxylation sites is 2. The van der Waals surface area contributed by atoms with Crippen molar-refractivity contribution in [2.45, 2.75) is 6.42 Å². The Morgan fingerprint density at radius 2 is 1.75 bits per heavy atom. The van der Waals surface area contributed by atoms with Gasteiger partial charge in [-0.2, -0.15) is 0 Å². The van der Waals surface area contributed by atoms with Crippen molar-refractivity contribution in [1.82, 2.24) is 5.32 Å². The van der Waals surface area contributed by atoms with Crippen LogP contribution in [0.4, 0.5) is 5.69 Å². The Bertz CT molecular complexity index is 920. The van der Waals surface area contributed by atoms with Crippen molar-refractivity contribution in [1.29, 1.82) is 0 Å². The Balaban J connectivity index is 1.47. The third-order valence-corrected chi connectivity index (χ3v) is 3.86. The predicted octanol–water partition coefficient (Wildman–Crippen LogP) is 3.84. The molecule has 7 nitrogen and oxygen atoms in total. The summed E-state index contributed by atoms with van der Waals surface area (Å²) in [6.07, 6.45) is 2.93. The van der Waals surface area contributed by atoms with Gasteiger partial charge in [-0.1, -0.05) is 12.1 Å². The smallest absolute Gasteiger partial charge is 0.254 e. The van der Waals surface area contributed by atoms with Crippen molar-refractivity contribution in [3.05, 3.63) is 72.7 Å². The van der Waals surface area contributed by atoms with Crippen molar-refractivity contribution in [3.63, 3.8) is 0 Å². The van der Waals surface area contributed by atoms with Crippen LogP contribution in [0.25, 0.3) is 0 Å². The van der Waals surface area contributed by atoms with E-state index < -0.39 is 0 Å². The van der Waals surface area contributed by atoms with Crippen LogP contribution < -0.4 is 20.1 Å². The molecule has 1 heterocycles. The molecule has 0 unspecified atom stereocenters. The summed E-state index contributed by atoms with van der Waals surface area (Å²) in [5.41, 5.74) is 1.06. The first-order valence-corrected chi connectivity index (χ1v) is 8.67. The normalized spacial score (nSPS) is 10.2. The average Bonchev–Trinajstić information content (AvgIpc) is 3.25. The Kier molecular flexibility index (Phi) is 6.30. The lowest BCUT2D eigenvalue weighted by Crippen LogP contribution is -2.27. The molecule has 0 saturated heterocycles. The zero-order valence-electron chi connectivity index (χ0n) is 15.3. The number of carbonyl (C=O) groups excluding carboxylic acids is 2. The van der Waals surface area contributed by atoms with Gasteiger partial charge < -0.3 is 24.5 Å². The highest BCUT2D eigenvalue weighted by Gasteiger charge is 2.08. The van der Waals surface area contributed by atoms with E-state index in [2.05, 4.69) is 10.6 Å². The zero-order valence-corrected chi connectivity index (χ0v) is 15.3. The predicted molar refractivity (Wildman–Crippen MR) is 104 cm³/mol. The van der Waals surface area contributed by atoms with Crippen LogP contribution in [-0.2, 0) is 4.79 Å². The standard InChI is InChI=1S/C21H20N2O5/c1-26-18-4-2-3-5-19(18)28-17-8-6-16(7-9-17)23-20(24)10-12-22-21(25)15-11-13-27-14-15/h2-9,11,13-14H,10,12H2,1H3,(H,22,25)(H,23,24). The van der Waals surface area contributed by atoms with E-state index in [-0.39, 0.29) is 24.8 Å². The monoisotopic (exact) mass is 380 g/mol. The number of hydrogen-bond acceptors (Lipinski definition) is 5. The molecule has 3 aromatic rings. The summed E-state index contributed by atoms with van der Waals surface area (Å²) < 4.78 is 15.9. The summed E-state index contributed by atoms with van der Waals surface area (Å²) in [5.74, 6) is 1.38. The second-order valence-corrected chi connectivity index (χ2v) is 5.84. The number of nitrogens with one attached hydrogen (secondary N) is 2. The number of anilines is 1. The van der Waals surface area contributed by atoms with Gasteiger partial charge in [0.05, 0.1) is 18.9 Å². The van der Waals surface area contributed by atoms with Crippen LogP contribution >= 0.6 is 0 Å². The van der Waals surface area contributed by atoms with E-state index in [0.29, 0.717) is 28.5 Å². The van der Waals surface area contributed by atoms with Crippen LogP contribution in [0, 0.1) is 0 Å². The van der Waals surface area contributed by atoms with Gasteiger partial charge in [-0.05, 0) is 42.5 Å². The molecule has 144 valence electrons. The molecule has 1 aromatic heterocycles. The van der Waals surface area contributed by atoms with E-state index >= 15 is 0 Å². The number of hydrogen-bond donors (Lipinski definition) is 2. The second-order valence-electron chi connectivity index (χ2n) is 5.84. The average molecular weight is 380 g/mol. The summed E-state index contributed by atoms with van der Waals surface area (Å²) in [4.78, 5) is 23.8. The summed E-state index contributed by atoms with van der Waals surface area (Å²) in [6.45, 7) is 0.227. The number of rotatable bonds is 8. The molecule has 0 fully saturated rings. The Hall–Kier alpha value is -3.74. The van der Waals surface area contributed by atoms with Crippen molar-refractivity contribution in [3.8, 4) is 17.2 Å². The fraction of sp³-hybridized carbons (Fsp3) is 0.143. The fourth-order valence-electron chi connectivity index (χ4n) is 2.45. The fourth-order valence-corrected chi connectivity index (χ4v) is 2.45. The Morgan fingerprint density at radius 1 is 1.00 bits per heavy atom. The molecule has 0 spiro atoms. The molecule has 0 radical (unpaired) electrons. The van der Waals surface area contributed by atoms with Crippen LogP contribution in [0.1, 0.15) is 16.8 Å². The highest BCUT2D eigenvalue weighted by atomic mass is 16.5. The van der Waals surface area contributed by atoms with Gasteiger partial charge in [-0.25, -0.2) is 0 Å².